The van der Waals surface area contributed by atoms with E-state index in [2.05, 4.69) is 27.4 Å². The second-order valence-electron chi connectivity index (χ2n) is 11.5. The van der Waals surface area contributed by atoms with E-state index in [0.717, 1.165) is 16.9 Å². The molecule has 46 heavy (non-hydrogen) atoms. The number of imidazole rings is 1. The molecule has 10 nitrogen and oxygen atoms in total. The van der Waals surface area contributed by atoms with Crippen molar-refractivity contribution in [2.75, 3.05) is 13.1 Å². The molecule has 2 aromatic heterocycles. The van der Waals surface area contributed by atoms with Crippen LogP contribution in [0.2, 0.25) is 0 Å². The van der Waals surface area contributed by atoms with Gasteiger partial charge in [0.2, 0.25) is 10.0 Å². The van der Waals surface area contributed by atoms with Gasteiger partial charge < -0.3 is 19.7 Å². The molecule has 242 valence electrons. The molecular weight excluding hydrogens is 623 g/mol. The lowest BCUT2D eigenvalue weighted by Gasteiger charge is -2.35. The van der Waals surface area contributed by atoms with Crippen molar-refractivity contribution in [3.63, 3.8) is 0 Å². The summed E-state index contributed by atoms with van der Waals surface area (Å²) in [7, 11) is -4.11. The van der Waals surface area contributed by atoms with Gasteiger partial charge in [-0.25, -0.2) is 18.2 Å². The van der Waals surface area contributed by atoms with Crippen molar-refractivity contribution in [3.05, 3.63) is 113 Å². The molecular formula is C34H39N5O5S2. The van der Waals surface area contributed by atoms with Crippen LogP contribution >= 0.6 is 11.3 Å². The number of aromatic nitrogens is 3. The third-order valence-corrected chi connectivity index (χ3v) is 10.3. The van der Waals surface area contributed by atoms with E-state index in [1.807, 2.05) is 66.9 Å². The average Bonchev–Trinajstić information content (AvgIpc) is 3.74. The highest BCUT2D eigenvalue weighted by Crippen LogP contribution is 2.27. The standard InChI is InChI=1S/C34H39N5O5S2/c1-25(2)21-39(32(17-27-11-7-4-8-12-27)33(40)20-36-34(41)44-22-28-19-35-24-45-28)46(42,43)29-13-14-30-31(18-29)38(23-37-30)16-15-26-9-5-3-6-10-26/h3-14,18-19,23-25,32-33,40H,15-17,20-22H2,1-2H3,(H,36,41). The molecule has 2 atom stereocenters. The van der Waals surface area contributed by atoms with E-state index in [4.69, 9.17) is 4.74 Å². The minimum Gasteiger partial charge on any atom is -0.444 e. The smallest absolute Gasteiger partial charge is 0.407 e. The number of thiazole rings is 1. The maximum Gasteiger partial charge on any atom is 0.407 e. The van der Waals surface area contributed by atoms with E-state index in [0.29, 0.717) is 17.6 Å². The van der Waals surface area contributed by atoms with Gasteiger partial charge in [-0.15, -0.1) is 11.3 Å². The number of carbonyl (C=O) groups is 1. The number of fused-ring (bicyclic) bond motifs is 1. The lowest BCUT2D eigenvalue weighted by Crippen LogP contribution is -2.52. The third-order valence-electron chi connectivity index (χ3n) is 7.61. The SMILES string of the molecule is CC(C)CN(C(Cc1ccccc1)C(O)CNC(=O)OCc1cncs1)S(=O)(=O)c1ccc2ncn(CCc3ccccc3)c2c1. The molecule has 5 aromatic rings. The Morgan fingerprint density at radius 3 is 2.43 bits per heavy atom. The van der Waals surface area contributed by atoms with Crippen molar-refractivity contribution in [1.82, 2.24) is 24.2 Å². The van der Waals surface area contributed by atoms with Crippen molar-refractivity contribution in [3.8, 4) is 0 Å². The molecule has 2 unspecified atom stereocenters. The predicted octanol–water partition coefficient (Wildman–Crippen LogP) is 5.28. The van der Waals surface area contributed by atoms with Crippen LogP contribution in [0.3, 0.4) is 0 Å². The molecule has 2 heterocycles. The predicted molar refractivity (Wildman–Crippen MR) is 179 cm³/mol. The summed E-state index contributed by atoms with van der Waals surface area (Å²) in [6.45, 7) is 4.53. The molecule has 5 rings (SSSR count). The molecule has 0 aliphatic carbocycles. The van der Waals surface area contributed by atoms with Crippen molar-refractivity contribution < 1.29 is 23.1 Å². The number of aryl methyl sites for hydroxylation is 2. The summed E-state index contributed by atoms with van der Waals surface area (Å²) in [5.41, 5.74) is 5.10. The fourth-order valence-corrected chi connectivity index (χ4v) is 7.63. The second-order valence-corrected chi connectivity index (χ2v) is 14.4. The first-order chi connectivity index (χ1) is 22.2. The molecule has 0 saturated heterocycles. The van der Waals surface area contributed by atoms with E-state index in [1.165, 1.54) is 21.2 Å². The summed E-state index contributed by atoms with van der Waals surface area (Å²) >= 11 is 1.36. The Labute approximate surface area is 273 Å². The first-order valence-corrected chi connectivity index (χ1v) is 17.5. The number of hydrogen-bond donors (Lipinski definition) is 2. The van der Waals surface area contributed by atoms with Gasteiger partial charge in [0.15, 0.2) is 0 Å². The number of amides is 1. The van der Waals surface area contributed by atoms with E-state index in [1.54, 1.807) is 36.2 Å². The topological polar surface area (TPSA) is 127 Å². The summed E-state index contributed by atoms with van der Waals surface area (Å²) in [6.07, 6.45) is 2.42. The Morgan fingerprint density at radius 2 is 1.76 bits per heavy atom. The molecule has 0 aliphatic heterocycles. The van der Waals surface area contributed by atoms with Gasteiger partial charge in [0.05, 0.1) is 44.8 Å². The zero-order chi connectivity index (χ0) is 32.5. The zero-order valence-corrected chi connectivity index (χ0v) is 27.5. The number of benzene rings is 3. The first kappa shape index (κ1) is 33.3. The van der Waals surface area contributed by atoms with Crippen molar-refractivity contribution in [2.45, 2.75) is 56.9 Å². The Bertz CT molecular complexity index is 1800. The molecule has 12 heteroatoms. The maximum absolute atomic E-state index is 14.5. The number of hydrogen-bond acceptors (Lipinski definition) is 8. The number of alkyl carbamates (subject to hydrolysis) is 1. The van der Waals surface area contributed by atoms with Crippen LogP contribution in [-0.2, 0) is 40.8 Å². The minimum atomic E-state index is -4.11. The van der Waals surface area contributed by atoms with Crippen LogP contribution in [0.1, 0.15) is 29.9 Å². The Kier molecular flexibility index (Phi) is 11.2. The Morgan fingerprint density at radius 1 is 1.04 bits per heavy atom. The Balaban J connectivity index is 1.41. The van der Waals surface area contributed by atoms with Crippen molar-refractivity contribution in [1.29, 1.82) is 0 Å². The molecule has 0 aliphatic rings. The highest BCUT2D eigenvalue weighted by Gasteiger charge is 2.37. The van der Waals surface area contributed by atoms with Gasteiger partial charge >= 0.3 is 6.09 Å². The Hall–Kier alpha value is -4.10. The largest absolute Gasteiger partial charge is 0.444 e. The van der Waals surface area contributed by atoms with Gasteiger partial charge in [-0.3, -0.25) is 4.98 Å². The van der Waals surface area contributed by atoms with Crippen LogP contribution in [-0.4, -0.2) is 63.7 Å². The highest BCUT2D eigenvalue weighted by atomic mass is 32.2. The number of rotatable bonds is 15. The van der Waals surface area contributed by atoms with E-state index >= 15 is 0 Å². The quantitative estimate of drug-likeness (QED) is 0.156. The minimum absolute atomic E-state index is 0.0438. The highest BCUT2D eigenvalue weighted by molar-refractivity contribution is 7.89. The van der Waals surface area contributed by atoms with Gasteiger partial charge in [0.25, 0.3) is 0 Å². The van der Waals surface area contributed by atoms with E-state index < -0.39 is 28.3 Å². The average molecular weight is 662 g/mol. The summed E-state index contributed by atoms with van der Waals surface area (Å²) in [6, 6.07) is 23.6. The van der Waals surface area contributed by atoms with Crippen LogP contribution in [0.25, 0.3) is 11.0 Å². The second kappa shape index (κ2) is 15.5. The van der Waals surface area contributed by atoms with Gasteiger partial charge in [0.1, 0.15) is 6.61 Å². The van der Waals surface area contributed by atoms with Crippen LogP contribution in [0.5, 0.6) is 0 Å². The molecule has 3 aromatic carbocycles. The number of nitrogens with one attached hydrogen (secondary N) is 1. The molecule has 1 amide bonds. The normalized spacial score (nSPS) is 13.2. The van der Waals surface area contributed by atoms with Gasteiger partial charge in [0, 0.05) is 25.8 Å². The molecule has 0 bridgehead atoms. The lowest BCUT2D eigenvalue weighted by atomic mass is 10.0. The molecule has 2 N–H and O–H groups in total. The fourth-order valence-electron chi connectivity index (χ4n) is 5.29. The molecule has 0 fully saturated rings. The van der Waals surface area contributed by atoms with Crippen molar-refractivity contribution >= 4 is 38.5 Å². The summed E-state index contributed by atoms with van der Waals surface area (Å²) < 4.78 is 37.6. The molecule has 0 saturated carbocycles. The number of aliphatic hydroxyl groups excluding tert-OH is 1. The van der Waals surface area contributed by atoms with Crippen LogP contribution in [0.4, 0.5) is 4.79 Å². The summed E-state index contributed by atoms with van der Waals surface area (Å²) in [5, 5.41) is 14.1. The van der Waals surface area contributed by atoms with Gasteiger partial charge in [-0.2, -0.15) is 4.31 Å². The van der Waals surface area contributed by atoms with E-state index in [9.17, 15) is 18.3 Å². The number of aliphatic hydroxyl groups is 1. The lowest BCUT2D eigenvalue weighted by molar-refractivity contribution is 0.0786. The molecule has 0 radical (unpaired) electrons. The zero-order valence-electron chi connectivity index (χ0n) is 25.9. The van der Waals surface area contributed by atoms with E-state index in [-0.39, 0.29) is 36.9 Å². The summed E-state index contributed by atoms with van der Waals surface area (Å²) in [5.74, 6) is -0.0438. The van der Waals surface area contributed by atoms with Crippen LogP contribution < -0.4 is 5.32 Å². The maximum atomic E-state index is 14.5. The number of ether oxygens (including phenoxy) is 1. The molecule has 0 spiro atoms. The first-order valence-electron chi connectivity index (χ1n) is 15.2. The number of nitrogens with zero attached hydrogens (tertiary/aromatic N) is 4. The third kappa shape index (κ3) is 8.58. The van der Waals surface area contributed by atoms with Crippen LogP contribution in [0.15, 0.2) is 102 Å². The van der Waals surface area contributed by atoms with Crippen molar-refractivity contribution in [2.24, 2.45) is 5.92 Å². The fraction of sp³-hybridized carbons (Fsp3) is 0.324. The van der Waals surface area contributed by atoms with Crippen LogP contribution in [0, 0.1) is 5.92 Å². The van der Waals surface area contributed by atoms with Gasteiger partial charge in [-0.05, 0) is 48.1 Å². The monoisotopic (exact) mass is 661 g/mol. The summed E-state index contributed by atoms with van der Waals surface area (Å²) in [4.78, 5) is 21.8. The number of sulfonamides is 1. The van der Waals surface area contributed by atoms with Gasteiger partial charge in [-0.1, -0.05) is 74.5 Å². The number of carbonyl (C=O) groups excluding carboxylic acids is 1.